The molecule has 1 aromatic rings. The van der Waals surface area contributed by atoms with Gasteiger partial charge in [-0.15, -0.1) is 0 Å². The molecule has 2 unspecified atom stereocenters. The van der Waals surface area contributed by atoms with Crippen molar-refractivity contribution in [2.24, 2.45) is 0 Å². The standard InChI is InChI=1S/C30H53P/c1-5-9-13-15-19-28-22-23-29(20-16-14-10-6-2)31(28)30-24-21-26(17-11-7-3)25-27(30)18-12-8-4/h21,24-25,28-29H,5-20,22-23H2,1-4H3. The first kappa shape index (κ1) is 26.9. The van der Waals surface area contributed by atoms with E-state index in [0.717, 1.165) is 11.3 Å². The highest BCUT2D eigenvalue weighted by Crippen LogP contribution is 2.58. The number of unbranched alkanes of at least 4 members (excludes halogenated alkanes) is 8. The Morgan fingerprint density at radius 3 is 1.74 bits per heavy atom. The first-order valence-electron chi connectivity index (χ1n) is 14.1. The molecule has 0 bridgehead atoms. The van der Waals surface area contributed by atoms with E-state index in [4.69, 9.17) is 0 Å². The van der Waals surface area contributed by atoms with Crippen molar-refractivity contribution in [2.75, 3.05) is 0 Å². The first-order chi connectivity index (χ1) is 15.2. The van der Waals surface area contributed by atoms with E-state index >= 15 is 0 Å². The van der Waals surface area contributed by atoms with Crippen LogP contribution in [0.5, 0.6) is 0 Å². The van der Waals surface area contributed by atoms with Gasteiger partial charge in [-0.05, 0) is 79.1 Å². The predicted octanol–water partition coefficient (Wildman–Crippen LogP) is 9.95. The number of aryl methyl sites for hydroxylation is 2. The fourth-order valence-corrected chi connectivity index (χ4v) is 9.44. The molecule has 2 atom stereocenters. The maximum absolute atomic E-state index is 2.64. The molecule has 0 spiro atoms. The second-order valence-corrected chi connectivity index (χ2v) is 12.9. The normalized spacial score (nSPS) is 21.1. The minimum Gasteiger partial charge on any atom is -0.0687 e. The summed E-state index contributed by atoms with van der Waals surface area (Å²) in [5.74, 6) is 0. The lowest BCUT2D eigenvalue weighted by Gasteiger charge is -2.29. The van der Waals surface area contributed by atoms with Crippen molar-refractivity contribution < 1.29 is 0 Å². The van der Waals surface area contributed by atoms with Crippen LogP contribution in [0.3, 0.4) is 0 Å². The summed E-state index contributed by atoms with van der Waals surface area (Å²) in [4.78, 5) is 0. The van der Waals surface area contributed by atoms with Gasteiger partial charge in [-0.3, -0.25) is 0 Å². The van der Waals surface area contributed by atoms with Gasteiger partial charge in [0.2, 0.25) is 0 Å². The van der Waals surface area contributed by atoms with Gasteiger partial charge >= 0.3 is 0 Å². The fourth-order valence-electron chi connectivity index (χ4n) is 5.53. The van der Waals surface area contributed by atoms with Crippen LogP contribution >= 0.6 is 7.92 Å². The number of hydrogen-bond acceptors (Lipinski definition) is 0. The molecule has 0 nitrogen and oxygen atoms in total. The number of benzene rings is 1. The summed E-state index contributed by atoms with van der Waals surface area (Å²) in [5, 5.41) is 1.84. The van der Waals surface area contributed by atoms with Gasteiger partial charge in [0, 0.05) is 0 Å². The molecule has 31 heavy (non-hydrogen) atoms. The van der Waals surface area contributed by atoms with Gasteiger partial charge in [0.1, 0.15) is 0 Å². The molecule has 1 aliphatic rings. The maximum atomic E-state index is 2.64. The first-order valence-corrected chi connectivity index (χ1v) is 15.6. The fraction of sp³-hybridized carbons (Fsp3) is 0.800. The molecule has 0 radical (unpaired) electrons. The van der Waals surface area contributed by atoms with Crippen molar-refractivity contribution in [1.82, 2.24) is 0 Å². The Morgan fingerprint density at radius 2 is 1.19 bits per heavy atom. The Bertz CT molecular complexity index is 558. The van der Waals surface area contributed by atoms with E-state index in [9.17, 15) is 0 Å². The SMILES string of the molecule is CCCCCCC1CCC(CCCCCC)P1c1ccc(CCCC)cc1CCCC. The molecule has 1 heterocycles. The summed E-state index contributed by atoms with van der Waals surface area (Å²) in [6, 6.07) is 7.79. The second kappa shape index (κ2) is 16.3. The minimum atomic E-state index is 0.0285. The summed E-state index contributed by atoms with van der Waals surface area (Å²) in [6.45, 7) is 9.36. The smallest absolute Gasteiger partial charge is 0.0166 e. The predicted molar refractivity (Wildman–Crippen MR) is 145 cm³/mol. The molecule has 1 fully saturated rings. The monoisotopic (exact) mass is 444 g/mol. The van der Waals surface area contributed by atoms with Crippen LogP contribution in [0.25, 0.3) is 0 Å². The molecule has 0 amide bonds. The molecule has 1 heteroatoms. The van der Waals surface area contributed by atoms with E-state index in [1.807, 2.05) is 5.30 Å². The van der Waals surface area contributed by atoms with Gasteiger partial charge in [-0.25, -0.2) is 0 Å². The Labute approximate surface area is 197 Å². The highest BCUT2D eigenvalue weighted by molar-refractivity contribution is 7.67. The van der Waals surface area contributed by atoms with Gasteiger partial charge in [0.25, 0.3) is 0 Å². The van der Waals surface area contributed by atoms with E-state index in [-0.39, 0.29) is 7.92 Å². The van der Waals surface area contributed by atoms with Crippen LogP contribution in [0.4, 0.5) is 0 Å². The van der Waals surface area contributed by atoms with Gasteiger partial charge in [-0.1, -0.05) is 118 Å². The van der Waals surface area contributed by atoms with Crippen LogP contribution in [0.2, 0.25) is 0 Å². The quantitative estimate of drug-likeness (QED) is 0.166. The second-order valence-electron chi connectivity index (χ2n) is 10.2. The van der Waals surface area contributed by atoms with Crippen LogP contribution in [0.15, 0.2) is 18.2 Å². The third-order valence-corrected chi connectivity index (χ3v) is 11.0. The molecular weight excluding hydrogens is 391 g/mol. The largest absolute Gasteiger partial charge is 0.0687 e. The topological polar surface area (TPSA) is 0 Å². The number of rotatable bonds is 17. The molecule has 0 saturated carbocycles. The van der Waals surface area contributed by atoms with Gasteiger partial charge in [-0.2, -0.15) is 0 Å². The lowest BCUT2D eigenvalue weighted by atomic mass is 10.0. The molecule has 0 aliphatic carbocycles. The third-order valence-electron chi connectivity index (χ3n) is 7.44. The minimum absolute atomic E-state index is 0.0285. The van der Waals surface area contributed by atoms with E-state index in [1.165, 1.54) is 116 Å². The lowest BCUT2D eigenvalue weighted by Crippen LogP contribution is -2.19. The van der Waals surface area contributed by atoms with Crippen LogP contribution in [-0.2, 0) is 12.8 Å². The maximum Gasteiger partial charge on any atom is -0.0166 e. The molecule has 1 aromatic carbocycles. The van der Waals surface area contributed by atoms with Crippen molar-refractivity contribution in [3.05, 3.63) is 29.3 Å². The summed E-state index contributed by atoms with van der Waals surface area (Å²) in [5.41, 5.74) is 5.36. The average molecular weight is 445 g/mol. The number of hydrogen-bond donors (Lipinski definition) is 0. The van der Waals surface area contributed by atoms with Crippen molar-refractivity contribution in [1.29, 1.82) is 0 Å². The third kappa shape index (κ3) is 9.20. The van der Waals surface area contributed by atoms with Crippen molar-refractivity contribution in [3.8, 4) is 0 Å². The van der Waals surface area contributed by atoms with E-state index in [0.29, 0.717) is 0 Å². The van der Waals surface area contributed by atoms with Gasteiger partial charge < -0.3 is 0 Å². The highest BCUT2D eigenvalue weighted by atomic mass is 31.1. The molecule has 178 valence electrons. The molecule has 0 aromatic heterocycles. The summed E-state index contributed by atoms with van der Waals surface area (Å²) in [6.07, 6.45) is 25.4. The van der Waals surface area contributed by atoms with Gasteiger partial charge in [0.05, 0.1) is 0 Å². The van der Waals surface area contributed by atoms with Crippen LogP contribution in [0.1, 0.15) is 142 Å². The highest BCUT2D eigenvalue weighted by Gasteiger charge is 2.36. The molecule has 1 aliphatic heterocycles. The van der Waals surface area contributed by atoms with E-state index in [2.05, 4.69) is 45.9 Å². The van der Waals surface area contributed by atoms with E-state index in [1.54, 1.807) is 11.1 Å². The van der Waals surface area contributed by atoms with E-state index < -0.39 is 0 Å². The summed E-state index contributed by atoms with van der Waals surface area (Å²) >= 11 is 0. The summed E-state index contributed by atoms with van der Waals surface area (Å²) in [7, 11) is 0.0285. The zero-order valence-corrected chi connectivity index (χ0v) is 22.5. The van der Waals surface area contributed by atoms with Crippen molar-refractivity contribution >= 4 is 13.2 Å². The average Bonchev–Trinajstić information content (AvgIpc) is 3.19. The van der Waals surface area contributed by atoms with Crippen LogP contribution in [0, 0.1) is 0 Å². The zero-order valence-electron chi connectivity index (χ0n) is 21.6. The zero-order chi connectivity index (χ0) is 22.3. The van der Waals surface area contributed by atoms with Crippen LogP contribution < -0.4 is 5.30 Å². The molecular formula is C30H53P. The lowest BCUT2D eigenvalue weighted by molar-refractivity contribution is 0.580. The van der Waals surface area contributed by atoms with Crippen LogP contribution in [-0.4, -0.2) is 11.3 Å². The van der Waals surface area contributed by atoms with Crippen molar-refractivity contribution in [2.45, 2.75) is 155 Å². The Hall–Kier alpha value is -0.350. The molecule has 0 N–H and O–H groups in total. The Morgan fingerprint density at radius 1 is 0.645 bits per heavy atom. The molecule has 1 saturated heterocycles. The summed E-state index contributed by atoms with van der Waals surface area (Å²) < 4.78 is 0. The Kier molecular flexibility index (Phi) is 14.1. The Balaban J connectivity index is 2.21. The molecule has 2 rings (SSSR count). The van der Waals surface area contributed by atoms with Crippen molar-refractivity contribution in [3.63, 3.8) is 0 Å². The van der Waals surface area contributed by atoms with Gasteiger partial charge in [0.15, 0.2) is 0 Å².